The van der Waals surface area contributed by atoms with Crippen LogP contribution in [-0.4, -0.2) is 43.2 Å². The smallest absolute Gasteiger partial charge is 0.337 e. The number of nitrogens with one attached hydrogen (secondary N) is 2. The molecule has 1 aliphatic rings. The Balaban J connectivity index is 1.63. The number of carbonyl (C=O) groups excluding carboxylic acids is 2. The lowest BCUT2D eigenvalue weighted by Crippen LogP contribution is -2.31. The number of benzene rings is 1. The Labute approximate surface area is 162 Å². The zero-order chi connectivity index (χ0) is 19.2. The standard InChI is InChI=1S/C19H20ClN3O4/c1-26-19(25)12-4-6-15(20)16(9-12)23-17-7-5-13(10-21-17)18(24)22-11-14-3-2-8-27-14/h4-7,9-10,14H,2-3,8,11H2,1H3,(H,21,23)(H,22,24). The summed E-state index contributed by atoms with van der Waals surface area (Å²) < 4.78 is 10.2. The minimum atomic E-state index is -0.457. The maximum Gasteiger partial charge on any atom is 0.337 e. The Bertz CT molecular complexity index is 820. The molecule has 1 saturated heterocycles. The Morgan fingerprint density at radius 1 is 1.30 bits per heavy atom. The number of hydrogen-bond donors (Lipinski definition) is 2. The molecule has 1 aliphatic heterocycles. The second kappa shape index (κ2) is 8.83. The maximum absolute atomic E-state index is 12.2. The highest BCUT2D eigenvalue weighted by Crippen LogP contribution is 2.26. The van der Waals surface area contributed by atoms with Gasteiger partial charge in [-0.1, -0.05) is 11.6 Å². The van der Waals surface area contributed by atoms with Gasteiger partial charge in [-0.25, -0.2) is 9.78 Å². The van der Waals surface area contributed by atoms with Crippen LogP contribution in [0.15, 0.2) is 36.5 Å². The lowest BCUT2D eigenvalue weighted by Gasteiger charge is -2.12. The van der Waals surface area contributed by atoms with Gasteiger partial charge in [-0.15, -0.1) is 0 Å². The molecular weight excluding hydrogens is 370 g/mol. The molecule has 1 unspecified atom stereocenters. The number of pyridine rings is 1. The van der Waals surface area contributed by atoms with Gasteiger partial charge in [0.1, 0.15) is 5.82 Å². The molecule has 1 amide bonds. The highest BCUT2D eigenvalue weighted by molar-refractivity contribution is 6.33. The summed E-state index contributed by atoms with van der Waals surface area (Å²) in [6, 6.07) is 8.09. The molecule has 0 radical (unpaired) electrons. The van der Waals surface area contributed by atoms with Crippen LogP contribution in [-0.2, 0) is 9.47 Å². The van der Waals surface area contributed by atoms with E-state index in [9.17, 15) is 9.59 Å². The minimum absolute atomic E-state index is 0.0899. The largest absolute Gasteiger partial charge is 0.465 e. The maximum atomic E-state index is 12.2. The molecule has 2 heterocycles. The number of rotatable bonds is 6. The van der Waals surface area contributed by atoms with Crippen molar-refractivity contribution < 1.29 is 19.1 Å². The van der Waals surface area contributed by atoms with Gasteiger partial charge in [0.05, 0.1) is 35.1 Å². The first-order chi connectivity index (χ1) is 13.1. The van der Waals surface area contributed by atoms with Crippen molar-refractivity contribution >= 4 is 35.0 Å². The summed E-state index contributed by atoms with van der Waals surface area (Å²) in [6.45, 7) is 1.25. The third-order valence-electron chi connectivity index (χ3n) is 4.19. The second-order valence-electron chi connectivity index (χ2n) is 6.09. The number of hydrogen-bond acceptors (Lipinski definition) is 6. The summed E-state index contributed by atoms with van der Waals surface area (Å²) in [7, 11) is 1.31. The zero-order valence-electron chi connectivity index (χ0n) is 14.8. The van der Waals surface area contributed by atoms with Crippen LogP contribution in [0.3, 0.4) is 0 Å². The molecule has 1 aromatic carbocycles. The molecule has 1 fully saturated rings. The van der Waals surface area contributed by atoms with E-state index < -0.39 is 5.97 Å². The van der Waals surface area contributed by atoms with E-state index in [0.29, 0.717) is 34.2 Å². The van der Waals surface area contributed by atoms with Gasteiger partial charge in [-0.05, 0) is 43.2 Å². The number of amides is 1. The molecule has 0 aliphatic carbocycles. The van der Waals surface area contributed by atoms with Crippen LogP contribution in [0.5, 0.6) is 0 Å². The summed E-state index contributed by atoms with van der Waals surface area (Å²) in [5.74, 6) is -0.161. The lowest BCUT2D eigenvalue weighted by atomic mass is 10.2. The summed E-state index contributed by atoms with van der Waals surface area (Å²) in [6.07, 6.45) is 3.56. The number of carbonyl (C=O) groups is 2. The van der Waals surface area contributed by atoms with E-state index in [1.807, 2.05) is 0 Å². The van der Waals surface area contributed by atoms with Gasteiger partial charge in [0.25, 0.3) is 5.91 Å². The van der Waals surface area contributed by atoms with Crippen LogP contribution in [0.1, 0.15) is 33.6 Å². The summed E-state index contributed by atoms with van der Waals surface area (Å²) in [5, 5.41) is 6.31. The molecule has 0 bridgehead atoms. The average molecular weight is 390 g/mol. The fourth-order valence-electron chi connectivity index (χ4n) is 2.72. The van der Waals surface area contributed by atoms with E-state index in [-0.39, 0.29) is 12.0 Å². The molecule has 1 aromatic heterocycles. The van der Waals surface area contributed by atoms with Gasteiger partial charge in [-0.3, -0.25) is 4.79 Å². The lowest BCUT2D eigenvalue weighted by molar-refractivity contribution is 0.0600. The number of esters is 1. The van der Waals surface area contributed by atoms with Crippen molar-refractivity contribution in [1.82, 2.24) is 10.3 Å². The van der Waals surface area contributed by atoms with Crippen LogP contribution in [0.2, 0.25) is 5.02 Å². The van der Waals surface area contributed by atoms with Crippen molar-refractivity contribution in [3.8, 4) is 0 Å². The zero-order valence-corrected chi connectivity index (χ0v) is 15.6. The van der Waals surface area contributed by atoms with Crippen LogP contribution in [0.25, 0.3) is 0 Å². The first kappa shape index (κ1) is 19.1. The number of methoxy groups -OCH3 is 1. The van der Waals surface area contributed by atoms with Crippen LogP contribution in [0.4, 0.5) is 11.5 Å². The third-order valence-corrected chi connectivity index (χ3v) is 4.52. The van der Waals surface area contributed by atoms with Crippen LogP contribution in [0, 0.1) is 0 Å². The second-order valence-corrected chi connectivity index (χ2v) is 6.50. The number of halogens is 1. The van der Waals surface area contributed by atoms with Crippen molar-refractivity contribution in [1.29, 1.82) is 0 Å². The summed E-state index contributed by atoms with van der Waals surface area (Å²) in [5.41, 5.74) is 1.34. The molecule has 8 heteroatoms. The minimum Gasteiger partial charge on any atom is -0.465 e. The van der Waals surface area contributed by atoms with E-state index in [1.54, 1.807) is 30.3 Å². The van der Waals surface area contributed by atoms with E-state index in [1.165, 1.54) is 13.3 Å². The number of ether oxygens (including phenoxy) is 2. The Hall–Kier alpha value is -2.64. The molecule has 0 saturated carbocycles. The molecule has 142 valence electrons. The highest BCUT2D eigenvalue weighted by Gasteiger charge is 2.17. The Morgan fingerprint density at radius 2 is 2.11 bits per heavy atom. The van der Waals surface area contributed by atoms with Gasteiger partial charge >= 0.3 is 5.97 Å². The molecule has 0 spiro atoms. The molecule has 27 heavy (non-hydrogen) atoms. The Morgan fingerprint density at radius 3 is 2.78 bits per heavy atom. The van der Waals surface area contributed by atoms with E-state index in [2.05, 4.69) is 15.6 Å². The fraction of sp³-hybridized carbons (Fsp3) is 0.316. The van der Waals surface area contributed by atoms with E-state index in [0.717, 1.165) is 19.4 Å². The van der Waals surface area contributed by atoms with Crippen molar-refractivity contribution in [3.05, 3.63) is 52.7 Å². The van der Waals surface area contributed by atoms with Crippen molar-refractivity contribution in [3.63, 3.8) is 0 Å². The number of aromatic nitrogens is 1. The first-order valence-corrected chi connectivity index (χ1v) is 8.95. The van der Waals surface area contributed by atoms with Crippen LogP contribution >= 0.6 is 11.6 Å². The number of anilines is 2. The molecule has 1 atom stereocenters. The van der Waals surface area contributed by atoms with Gasteiger partial charge in [-0.2, -0.15) is 0 Å². The summed E-state index contributed by atoms with van der Waals surface area (Å²) in [4.78, 5) is 28.1. The van der Waals surface area contributed by atoms with Gasteiger partial charge in [0.15, 0.2) is 0 Å². The molecule has 2 N–H and O–H groups in total. The Kier molecular flexibility index (Phi) is 6.26. The summed E-state index contributed by atoms with van der Waals surface area (Å²) >= 11 is 6.16. The fourth-order valence-corrected chi connectivity index (χ4v) is 2.88. The van der Waals surface area contributed by atoms with Gasteiger partial charge in [0.2, 0.25) is 0 Å². The number of nitrogens with zero attached hydrogens (tertiary/aromatic N) is 1. The molecule has 7 nitrogen and oxygen atoms in total. The predicted octanol–water partition coefficient (Wildman–Crippen LogP) is 3.17. The topological polar surface area (TPSA) is 89.5 Å². The monoisotopic (exact) mass is 389 g/mol. The normalized spacial score (nSPS) is 16.0. The van der Waals surface area contributed by atoms with Crippen LogP contribution < -0.4 is 10.6 Å². The van der Waals surface area contributed by atoms with Crippen molar-refractivity contribution in [2.24, 2.45) is 0 Å². The van der Waals surface area contributed by atoms with E-state index >= 15 is 0 Å². The molecule has 3 rings (SSSR count). The van der Waals surface area contributed by atoms with E-state index in [4.69, 9.17) is 21.1 Å². The van der Waals surface area contributed by atoms with Gasteiger partial charge in [0, 0.05) is 19.3 Å². The third kappa shape index (κ3) is 4.96. The SMILES string of the molecule is COC(=O)c1ccc(Cl)c(Nc2ccc(C(=O)NCC3CCCO3)cn2)c1. The van der Waals surface area contributed by atoms with Crippen molar-refractivity contribution in [2.45, 2.75) is 18.9 Å². The molecule has 2 aromatic rings. The van der Waals surface area contributed by atoms with Gasteiger partial charge < -0.3 is 20.1 Å². The predicted molar refractivity (Wildman–Crippen MR) is 102 cm³/mol. The quantitative estimate of drug-likeness (QED) is 0.737. The average Bonchev–Trinajstić information content (AvgIpc) is 3.21. The highest BCUT2D eigenvalue weighted by atomic mass is 35.5. The molecular formula is C19H20ClN3O4. The first-order valence-electron chi connectivity index (χ1n) is 8.57. The van der Waals surface area contributed by atoms with Crippen molar-refractivity contribution in [2.75, 3.05) is 25.6 Å².